The van der Waals surface area contributed by atoms with Gasteiger partial charge in [-0.1, -0.05) is 36.2 Å². The number of carbonyl (C=O) groups excluding carboxylic acids is 1. The first-order valence-corrected chi connectivity index (χ1v) is 7.34. The van der Waals surface area contributed by atoms with Crippen molar-refractivity contribution in [2.75, 3.05) is 19.6 Å². The van der Waals surface area contributed by atoms with E-state index in [4.69, 9.17) is 23.2 Å². The van der Waals surface area contributed by atoms with Crippen molar-refractivity contribution in [3.8, 4) is 0 Å². The zero-order chi connectivity index (χ0) is 13.8. The molecule has 0 atom stereocenters. The van der Waals surface area contributed by atoms with E-state index < -0.39 is 0 Å². The van der Waals surface area contributed by atoms with Gasteiger partial charge in [-0.3, -0.25) is 4.79 Å². The third kappa shape index (κ3) is 3.62. The first-order valence-electron chi connectivity index (χ1n) is 6.59. The van der Waals surface area contributed by atoms with Crippen LogP contribution in [0.2, 0.25) is 10.0 Å². The second-order valence-electron chi connectivity index (χ2n) is 4.78. The van der Waals surface area contributed by atoms with Gasteiger partial charge in [0.1, 0.15) is 0 Å². The second-order valence-corrected chi connectivity index (χ2v) is 5.57. The number of benzene rings is 1. The van der Waals surface area contributed by atoms with Crippen LogP contribution in [0.5, 0.6) is 0 Å². The number of hydrogen-bond acceptors (Lipinski definition) is 2. The average Bonchev–Trinajstić information content (AvgIpc) is 2.42. The van der Waals surface area contributed by atoms with Crippen molar-refractivity contribution in [2.24, 2.45) is 0 Å². The summed E-state index contributed by atoms with van der Waals surface area (Å²) in [5.41, 5.74) is 0.451. The standard InChI is InChI=1S/C14H18Cl2N2O/c1-2-18-8-6-10(7-9-18)17-14(19)11-4-3-5-12(15)13(11)16/h3-5,10H,2,6-9H2,1H3,(H,17,19). The van der Waals surface area contributed by atoms with Crippen LogP contribution in [-0.2, 0) is 0 Å². The molecule has 0 saturated carbocycles. The predicted molar refractivity (Wildman–Crippen MR) is 79.1 cm³/mol. The van der Waals surface area contributed by atoms with Crippen molar-refractivity contribution >= 4 is 29.1 Å². The van der Waals surface area contributed by atoms with Gasteiger partial charge in [0.05, 0.1) is 15.6 Å². The van der Waals surface area contributed by atoms with Gasteiger partial charge in [-0.2, -0.15) is 0 Å². The third-order valence-electron chi connectivity index (χ3n) is 3.57. The SMILES string of the molecule is CCN1CCC(NC(=O)c2cccc(Cl)c2Cl)CC1. The maximum absolute atomic E-state index is 12.2. The molecular formula is C14H18Cl2N2O. The Labute approximate surface area is 123 Å². The molecule has 1 amide bonds. The van der Waals surface area contributed by atoms with Gasteiger partial charge in [0.25, 0.3) is 5.91 Å². The largest absolute Gasteiger partial charge is 0.349 e. The van der Waals surface area contributed by atoms with Crippen LogP contribution in [0.1, 0.15) is 30.1 Å². The molecule has 1 saturated heterocycles. The number of amides is 1. The number of piperidine rings is 1. The number of nitrogens with one attached hydrogen (secondary N) is 1. The summed E-state index contributed by atoms with van der Waals surface area (Å²) in [7, 11) is 0. The Balaban J connectivity index is 1.96. The summed E-state index contributed by atoms with van der Waals surface area (Å²) in [6, 6.07) is 5.35. The summed E-state index contributed by atoms with van der Waals surface area (Å²) in [5.74, 6) is -0.137. The van der Waals surface area contributed by atoms with Crippen molar-refractivity contribution in [2.45, 2.75) is 25.8 Å². The van der Waals surface area contributed by atoms with E-state index in [1.807, 2.05) is 0 Å². The Kier molecular flexibility index (Phi) is 5.08. The van der Waals surface area contributed by atoms with Crippen molar-refractivity contribution < 1.29 is 4.79 Å². The van der Waals surface area contributed by atoms with Crippen LogP contribution in [0.25, 0.3) is 0 Å². The minimum Gasteiger partial charge on any atom is -0.349 e. The second kappa shape index (κ2) is 6.60. The Morgan fingerprint density at radius 3 is 2.68 bits per heavy atom. The van der Waals surface area contributed by atoms with Crippen LogP contribution >= 0.6 is 23.2 Å². The van der Waals surface area contributed by atoms with Gasteiger partial charge in [0.2, 0.25) is 0 Å². The molecular weight excluding hydrogens is 283 g/mol. The van der Waals surface area contributed by atoms with Crippen molar-refractivity contribution in [3.63, 3.8) is 0 Å². The Bertz CT molecular complexity index is 457. The molecule has 0 aliphatic carbocycles. The van der Waals surface area contributed by atoms with Gasteiger partial charge in [0, 0.05) is 19.1 Å². The Morgan fingerprint density at radius 2 is 2.05 bits per heavy atom. The minimum atomic E-state index is -0.137. The predicted octanol–water partition coefficient (Wildman–Crippen LogP) is 3.21. The average molecular weight is 301 g/mol. The monoisotopic (exact) mass is 300 g/mol. The Hall–Kier alpha value is -0.770. The molecule has 1 aliphatic heterocycles. The lowest BCUT2D eigenvalue weighted by atomic mass is 10.0. The maximum Gasteiger partial charge on any atom is 0.253 e. The van der Waals surface area contributed by atoms with Crippen LogP contribution < -0.4 is 5.32 Å². The van der Waals surface area contributed by atoms with Crippen LogP contribution in [0.15, 0.2) is 18.2 Å². The summed E-state index contributed by atoms with van der Waals surface area (Å²) < 4.78 is 0. The Morgan fingerprint density at radius 1 is 1.37 bits per heavy atom. The highest BCUT2D eigenvalue weighted by Gasteiger charge is 2.21. The fourth-order valence-corrected chi connectivity index (χ4v) is 2.72. The zero-order valence-corrected chi connectivity index (χ0v) is 12.5. The van der Waals surface area contributed by atoms with Crippen molar-refractivity contribution in [1.29, 1.82) is 0 Å². The van der Waals surface area contributed by atoms with Crippen LogP contribution in [-0.4, -0.2) is 36.5 Å². The van der Waals surface area contributed by atoms with Gasteiger partial charge in [0.15, 0.2) is 0 Å². The van der Waals surface area contributed by atoms with Crippen LogP contribution in [0.3, 0.4) is 0 Å². The normalized spacial score (nSPS) is 17.4. The summed E-state index contributed by atoms with van der Waals surface area (Å²) in [6.45, 7) is 5.29. The molecule has 5 heteroatoms. The molecule has 19 heavy (non-hydrogen) atoms. The lowest BCUT2D eigenvalue weighted by Gasteiger charge is -2.31. The molecule has 0 aromatic heterocycles. The number of rotatable bonds is 3. The quantitative estimate of drug-likeness (QED) is 0.930. The summed E-state index contributed by atoms with van der Waals surface area (Å²) in [4.78, 5) is 14.6. The highest BCUT2D eigenvalue weighted by molar-refractivity contribution is 6.43. The number of halogens is 2. The van der Waals surface area contributed by atoms with Gasteiger partial charge >= 0.3 is 0 Å². The van der Waals surface area contributed by atoms with Crippen LogP contribution in [0.4, 0.5) is 0 Å². The number of nitrogens with zero attached hydrogens (tertiary/aromatic N) is 1. The maximum atomic E-state index is 12.2. The molecule has 1 N–H and O–H groups in total. The smallest absolute Gasteiger partial charge is 0.253 e. The highest BCUT2D eigenvalue weighted by Crippen LogP contribution is 2.25. The molecule has 0 radical (unpaired) electrons. The fourth-order valence-electron chi connectivity index (χ4n) is 2.34. The summed E-state index contributed by atoms with van der Waals surface area (Å²) in [5, 5.41) is 3.78. The first-order chi connectivity index (χ1) is 9.11. The number of hydrogen-bond donors (Lipinski definition) is 1. The number of likely N-dealkylation sites (tertiary alicyclic amines) is 1. The van der Waals surface area contributed by atoms with Crippen molar-refractivity contribution in [3.05, 3.63) is 33.8 Å². The molecule has 104 valence electrons. The van der Waals surface area contributed by atoms with E-state index in [0.29, 0.717) is 15.6 Å². The van der Waals surface area contributed by atoms with E-state index in [2.05, 4.69) is 17.1 Å². The van der Waals surface area contributed by atoms with Gasteiger partial charge < -0.3 is 10.2 Å². The fraction of sp³-hybridized carbons (Fsp3) is 0.500. The highest BCUT2D eigenvalue weighted by atomic mass is 35.5. The summed E-state index contributed by atoms with van der Waals surface area (Å²) in [6.07, 6.45) is 1.97. The molecule has 0 spiro atoms. The molecule has 0 unspecified atom stereocenters. The molecule has 1 aromatic rings. The third-order valence-corrected chi connectivity index (χ3v) is 4.39. The number of carbonyl (C=O) groups is 1. The van der Waals surface area contributed by atoms with Crippen LogP contribution in [0, 0.1) is 0 Å². The van der Waals surface area contributed by atoms with E-state index in [0.717, 1.165) is 32.5 Å². The van der Waals surface area contributed by atoms with E-state index in [1.165, 1.54) is 0 Å². The van der Waals surface area contributed by atoms with E-state index >= 15 is 0 Å². The molecule has 1 aromatic carbocycles. The lowest BCUT2D eigenvalue weighted by Crippen LogP contribution is -2.44. The first kappa shape index (κ1) is 14.6. The lowest BCUT2D eigenvalue weighted by molar-refractivity contribution is 0.0913. The van der Waals surface area contributed by atoms with Gasteiger partial charge in [-0.05, 0) is 31.5 Å². The van der Waals surface area contributed by atoms with E-state index in [1.54, 1.807) is 18.2 Å². The molecule has 2 rings (SSSR count). The minimum absolute atomic E-state index is 0.137. The van der Waals surface area contributed by atoms with E-state index in [9.17, 15) is 4.79 Å². The molecule has 1 heterocycles. The summed E-state index contributed by atoms with van der Waals surface area (Å²) >= 11 is 12.0. The van der Waals surface area contributed by atoms with Gasteiger partial charge in [-0.25, -0.2) is 0 Å². The van der Waals surface area contributed by atoms with Gasteiger partial charge in [-0.15, -0.1) is 0 Å². The zero-order valence-electron chi connectivity index (χ0n) is 11.0. The van der Waals surface area contributed by atoms with Crippen molar-refractivity contribution in [1.82, 2.24) is 10.2 Å². The van der Waals surface area contributed by atoms with E-state index in [-0.39, 0.29) is 11.9 Å². The molecule has 1 aliphatic rings. The molecule has 1 fully saturated rings. The molecule has 3 nitrogen and oxygen atoms in total. The molecule has 0 bridgehead atoms. The topological polar surface area (TPSA) is 32.3 Å².